The van der Waals surface area contributed by atoms with Crippen molar-refractivity contribution in [2.24, 2.45) is 5.92 Å². The van der Waals surface area contributed by atoms with Crippen LogP contribution in [0.2, 0.25) is 0 Å². The molecule has 2 aliphatic rings. The Bertz CT molecular complexity index is 426. The summed E-state index contributed by atoms with van der Waals surface area (Å²) in [6.07, 6.45) is 7.62. The fourth-order valence-corrected chi connectivity index (χ4v) is 3.65. The maximum Gasteiger partial charge on any atom is 0.240 e. The fraction of sp³-hybridized carbons (Fsp3) is 0.875. The van der Waals surface area contributed by atoms with Crippen LogP contribution in [0.4, 0.5) is 0 Å². The zero-order valence-corrected chi connectivity index (χ0v) is 13.2. The molecule has 0 bridgehead atoms. The van der Waals surface area contributed by atoms with Crippen molar-refractivity contribution in [3.8, 4) is 0 Å². The van der Waals surface area contributed by atoms with Gasteiger partial charge in [-0.05, 0) is 38.3 Å². The molecule has 1 saturated carbocycles. The average Bonchev–Trinajstić information content (AvgIpc) is 2.83. The lowest BCUT2D eigenvalue weighted by molar-refractivity contribution is 0.238. The molecule has 21 heavy (non-hydrogen) atoms. The highest BCUT2D eigenvalue weighted by Gasteiger charge is 2.26. The van der Waals surface area contributed by atoms with Gasteiger partial charge in [0.2, 0.25) is 5.89 Å². The second kappa shape index (κ2) is 7.36. The van der Waals surface area contributed by atoms with Crippen molar-refractivity contribution in [3.05, 3.63) is 11.7 Å². The number of hydrogen-bond acceptors (Lipinski definition) is 5. The summed E-state index contributed by atoms with van der Waals surface area (Å²) in [6, 6.07) is 0. The Hall–Kier alpha value is -0.940. The van der Waals surface area contributed by atoms with Gasteiger partial charge in [0.15, 0.2) is 5.82 Å². The van der Waals surface area contributed by atoms with Crippen molar-refractivity contribution in [1.29, 1.82) is 0 Å². The smallest absolute Gasteiger partial charge is 0.240 e. The first kappa shape index (κ1) is 15.0. The second-order valence-electron chi connectivity index (χ2n) is 6.56. The van der Waals surface area contributed by atoms with Crippen LogP contribution in [0.25, 0.3) is 0 Å². The molecule has 0 spiro atoms. The van der Waals surface area contributed by atoms with Crippen LogP contribution in [0.15, 0.2) is 4.52 Å². The monoisotopic (exact) mass is 292 g/mol. The summed E-state index contributed by atoms with van der Waals surface area (Å²) in [5.74, 6) is 3.12. The highest BCUT2D eigenvalue weighted by Crippen LogP contribution is 2.36. The first-order valence-electron chi connectivity index (χ1n) is 8.60. The molecule has 1 aromatic rings. The van der Waals surface area contributed by atoms with Crippen molar-refractivity contribution in [1.82, 2.24) is 20.4 Å². The predicted molar refractivity (Wildman–Crippen MR) is 82.1 cm³/mol. The Labute approximate surface area is 127 Å². The summed E-state index contributed by atoms with van der Waals surface area (Å²) >= 11 is 0. The van der Waals surface area contributed by atoms with E-state index in [1.807, 2.05) is 0 Å². The highest BCUT2D eigenvalue weighted by molar-refractivity contribution is 4.98. The Morgan fingerprint density at radius 2 is 2.19 bits per heavy atom. The quantitative estimate of drug-likeness (QED) is 0.924. The third-order valence-electron chi connectivity index (χ3n) is 5.00. The van der Waals surface area contributed by atoms with Gasteiger partial charge in [-0.3, -0.25) is 4.90 Å². The number of nitrogens with one attached hydrogen (secondary N) is 1. The topological polar surface area (TPSA) is 54.2 Å². The molecule has 0 amide bonds. The maximum absolute atomic E-state index is 5.51. The van der Waals surface area contributed by atoms with E-state index in [1.54, 1.807) is 0 Å². The van der Waals surface area contributed by atoms with Crippen molar-refractivity contribution >= 4 is 0 Å². The summed E-state index contributed by atoms with van der Waals surface area (Å²) in [5.41, 5.74) is 0. The maximum atomic E-state index is 5.51. The molecule has 1 aromatic heterocycles. The molecule has 5 nitrogen and oxygen atoms in total. The Morgan fingerprint density at radius 1 is 1.24 bits per heavy atom. The summed E-state index contributed by atoms with van der Waals surface area (Å²) in [5, 5.41) is 7.69. The minimum atomic E-state index is 0.520. The van der Waals surface area contributed by atoms with Crippen LogP contribution in [0.5, 0.6) is 0 Å². The molecule has 3 rings (SSSR count). The second-order valence-corrected chi connectivity index (χ2v) is 6.56. The summed E-state index contributed by atoms with van der Waals surface area (Å²) in [7, 11) is 0. The lowest BCUT2D eigenvalue weighted by Gasteiger charge is -2.26. The average molecular weight is 292 g/mol. The van der Waals surface area contributed by atoms with Gasteiger partial charge in [0.05, 0.1) is 6.54 Å². The number of nitrogens with zero attached hydrogens (tertiary/aromatic N) is 3. The zero-order chi connectivity index (χ0) is 14.5. The summed E-state index contributed by atoms with van der Waals surface area (Å²) in [4.78, 5) is 7.10. The van der Waals surface area contributed by atoms with Gasteiger partial charge in [0.25, 0.3) is 0 Å². The van der Waals surface area contributed by atoms with Crippen molar-refractivity contribution in [2.75, 3.05) is 26.2 Å². The Balaban J connectivity index is 1.57. The third kappa shape index (κ3) is 4.04. The van der Waals surface area contributed by atoms with E-state index in [1.165, 1.54) is 38.5 Å². The summed E-state index contributed by atoms with van der Waals surface area (Å²) < 4.78 is 5.51. The van der Waals surface area contributed by atoms with E-state index >= 15 is 0 Å². The standard InChI is InChI=1S/C16H28N4O/c1-2-13-5-3-6-14(11-13)16-18-15(21-19-16)12-20-9-4-7-17-8-10-20/h13-14,17H,2-12H2,1H3. The van der Waals surface area contributed by atoms with Gasteiger partial charge in [-0.25, -0.2) is 0 Å². The predicted octanol–water partition coefficient (Wildman–Crippen LogP) is 2.55. The van der Waals surface area contributed by atoms with Crippen LogP contribution in [0, 0.1) is 5.92 Å². The van der Waals surface area contributed by atoms with Crippen molar-refractivity contribution < 1.29 is 4.52 Å². The fourth-order valence-electron chi connectivity index (χ4n) is 3.65. The molecule has 5 heteroatoms. The lowest BCUT2D eigenvalue weighted by atomic mass is 9.80. The Morgan fingerprint density at radius 3 is 3.10 bits per heavy atom. The van der Waals surface area contributed by atoms with Crippen molar-refractivity contribution in [3.63, 3.8) is 0 Å². The van der Waals surface area contributed by atoms with Gasteiger partial charge in [0, 0.05) is 19.0 Å². The van der Waals surface area contributed by atoms with Gasteiger partial charge in [0.1, 0.15) is 0 Å². The van der Waals surface area contributed by atoms with Crippen LogP contribution in [0.1, 0.15) is 63.1 Å². The van der Waals surface area contributed by atoms with Crippen LogP contribution < -0.4 is 5.32 Å². The number of aromatic nitrogens is 2. The normalized spacial score (nSPS) is 28.4. The molecule has 0 aromatic carbocycles. The SMILES string of the molecule is CCC1CCCC(c2noc(CN3CCCNCC3)n2)C1. The first-order valence-corrected chi connectivity index (χ1v) is 8.60. The van der Waals surface area contributed by atoms with E-state index in [9.17, 15) is 0 Å². The van der Waals surface area contributed by atoms with Gasteiger partial charge < -0.3 is 9.84 Å². The molecule has 1 aliphatic carbocycles. The van der Waals surface area contributed by atoms with Gasteiger partial charge in [-0.15, -0.1) is 0 Å². The molecule has 2 fully saturated rings. The molecule has 1 N–H and O–H groups in total. The molecule has 0 radical (unpaired) electrons. The van der Waals surface area contributed by atoms with E-state index in [4.69, 9.17) is 4.52 Å². The van der Waals surface area contributed by atoms with Crippen LogP contribution in [-0.4, -0.2) is 41.2 Å². The molecule has 118 valence electrons. The minimum absolute atomic E-state index is 0.520. The largest absolute Gasteiger partial charge is 0.338 e. The van der Waals surface area contributed by atoms with E-state index < -0.39 is 0 Å². The van der Waals surface area contributed by atoms with E-state index in [0.29, 0.717) is 5.92 Å². The molecular weight excluding hydrogens is 264 g/mol. The van der Waals surface area contributed by atoms with Crippen LogP contribution in [0.3, 0.4) is 0 Å². The Kier molecular flexibility index (Phi) is 5.25. The molecule has 1 aliphatic heterocycles. The molecule has 2 unspecified atom stereocenters. The third-order valence-corrected chi connectivity index (χ3v) is 5.00. The van der Waals surface area contributed by atoms with Crippen LogP contribution >= 0.6 is 0 Å². The van der Waals surface area contributed by atoms with Gasteiger partial charge in [-0.1, -0.05) is 31.3 Å². The molecule has 2 atom stereocenters. The van der Waals surface area contributed by atoms with Crippen molar-refractivity contribution in [2.45, 2.75) is 57.9 Å². The highest BCUT2D eigenvalue weighted by atomic mass is 16.5. The minimum Gasteiger partial charge on any atom is -0.338 e. The first-order chi connectivity index (χ1) is 10.3. The molecular formula is C16H28N4O. The van der Waals surface area contributed by atoms with Crippen LogP contribution in [-0.2, 0) is 6.54 Å². The summed E-state index contributed by atoms with van der Waals surface area (Å²) in [6.45, 7) is 7.46. The number of hydrogen-bond donors (Lipinski definition) is 1. The molecule has 2 heterocycles. The van der Waals surface area contributed by atoms with E-state index in [0.717, 1.165) is 50.4 Å². The zero-order valence-electron chi connectivity index (χ0n) is 13.2. The molecule has 1 saturated heterocycles. The lowest BCUT2D eigenvalue weighted by Crippen LogP contribution is -2.27. The number of rotatable bonds is 4. The van der Waals surface area contributed by atoms with E-state index in [-0.39, 0.29) is 0 Å². The van der Waals surface area contributed by atoms with E-state index in [2.05, 4.69) is 27.3 Å². The van der Waals surface area contributed by atoms with Gasteiger partial charge >= 0.3 is 0 Å². The van der Waals surface area contributed by atoms with Gasteiger partial charge in [-0.2, -0.15) is 4.98 Å².